The number of nitro groups is 1. The predicted octanol–water partition coefficient (Wildman–Crippen LogP) is 1.21. The molecule has 0 radical (unpaired) electrons. The molecule has 0 heterocycles. The van der Waals surface area contributed by atoms with Gasteiger partial charge in [0.05, 0.1) is 15.6 Å². The zero-order chi connectivity index (χ0) is 16.0. The van der Waals surface area contributed by atoms with Gasteiger partial charge in [-0.3, -0.25) is 10.1 Å². The maximum absolute atomic E-state index is 11.5. The lowest BCUT2D eigenvalue weighted by Gasteiger charge is -2.10. The lowest BCUT2D eigenvalue weighted by molar-refractivity contribution is -0.384. The first-order valence-electron chi connectivity index (χ1n) is 5.71. The highest BCUT2D eigenvalue weighted by Crippen LogP contribution is 2.26. The molecule has 0 aromatic heterocycles. The van der Waals surface area contributed by atoms with E-state index in [1.54, 1.807) is 0 Å². The number of benzene rings is 1. The van der Waals surface area contributed by atoms with Crippen LogP contribution in [0.1, 0.15) is 6.42 Å². The van der Waals surface area contributed by atoms with E-state index < -0.39 is 23.0 Å². The maximum Gasteiger partial charge on any atom is 0.332 e. The molecule has 2 amide bonds. The molecule has 1 aromatic rings. The van der Waals surface area contributed by atoms with Crippen molar-refractivity contribution in [2.75, 3.05) is 11.9 Å². The number of aliphatic hydroxyl groups is 1. The minimum atomic E-state index is -1.58. The van der Waals surface area contributed by atoms with Crippen molar-refractivity contribution in [3.63, 3.8) is 0 Å². The van der Waals surface area contributed by atoms with Crippen LogP contribution < -0.4 is 10.6 Å². The highest BCUT2D eigenvalue weighted by molar-refractivity contribution is 6.33. The number of carboxylic acids is 1. The average molecular weight is 318 g/mol. The fourth-order valence-electron chi connectivity index (χ4n) is 1.34. The Hall–Kier alpha value is -2.39. The number of halogens is 1. The molecule has 0 aliphatic heterocycles. The molecule has 0 aliphatic carbocycles. The van der Waals surface area contributed by atoms with Crippen LogP contribution >= 0.6 is 11.6 Å². The summed E-state index contributed by atoms with van der Waals surface area (Å²) < 4.78 is 0. The Morgan fingerprint density at radius 2 is 2.10 bits per heavy atom. The van der Waals surface area contributed by atoms with Crippen molar-refractivity contribution in [3.8, 4) is 0 Å². The zero-order valence-electron chi connectivity index (χ0n) is 10.6. The molecular weight excluding hydrogens is 306 g/mol. The Kier molecular flexibility index (Phi) is 5.88. The molecule has 10 heteroatoms. The van der Waals surface area contributed by atoms with Gasteiger partial charge in [0.2, 0.25) is 0 Å². The third-order valence-electron chi connectivity index (χ3n) is 2.40. The van der Waals surface area contributed by atoms with Crippen LogP contribution in [0.5, 0.6) is 0 Å². The number of aliphatic hydroxyl groups excluding tert-OH is 1. The van der Waals surface area contributed by atoms with Gasteiger partial charge in [0.1, 0.15) is 0 Å². The summed E-state index contributed by atoms with van der Waals surface area (Å²) >= 11 is 5.79. The van der Waals surface area contributed by atoms with Crippen LogP contribution in [-0.2, 0) is 4.79 Å². The van der Waals surface area contributed by atoms with E-state index in [-0.39, 0.29) is 29.4 Å². The first kappa shape index (κ1) is 16.7. The topological polar surface area (TPSA) is 142 Å². The second-order valence-electron chi connectivity index (χ2n) is 3.94. The lowest BCUT2D eigenvalue weighted by atomic mass is 10.2. The van der Waals surface area contributed by atoms with E-state index in [0.29, 0.717) is 0 Å². The molecule has 1 aromatic carbocycles. The van der Waals surface area contributed by atoms with Crippen LogP contribution in [0.4, 0.5) is 16.2 Å². The van der Waals surface area contributed by atoms with E-state index in [1.807, 2.05) is 0 Å². The van der Waals surface area contributed by atoms with Crippen molar-refractivity contribution in [1.29, 1.82) is 0 Å². The SMILES string of the molecule is O=C(NCC[C@H](O)C(=O)O)Nc1cc([N+](=O)[O-])ccc1Cl. The van der Waals surface area contributed by atoms with Gasteiger partial charge in [-0.15, -0.1) is 0 Å². The van der Waals surface area contributed by atoms with Crippen molar-refractivity contribution in [3.05, 3.63) is 33.3 Å². The fourth-order valence-corrected chi connectivity index (χ4v) is 1.50. The van der Waals surface area contributed by atoms with Gasteiger partial charge in [-0.25, -0.2) is 9.59 Å². The first-order chi connectivity index (χ1) is 9.81. The number of urea groups is 1. The number of nitrogens with one attached hydrogen (secondary N) is 2. The molecule has 1 atom stereocenters. The molecule has 0 spiro atoms. The molecule has 0 bridgehead atoms. The van der Waals surface area contributed by atoms with Crippen molar-refractivity contribution >= 4 is 35.0 Å². The molecule has 0 unspecified atom stereocenters. The molecule has 21 heavy (non-hydrogen) atoms. The number of nitro benzene ring substituents is 1. The number of rotatable bonds is 6. The van der Waals surface area contributed by atoms with Crippen molar-refractivity contribution in [2.45, 2.75) is 12.5 Å². The summed E-state index contributed by atoms with van der Waals surface area (Å²) in [6.07, 6.45) is -1.75. The Morgan fingerprint density at radius 1 is 1.43 bits per heavy atom. The van der Waals surface area contributed by atoms with Crippen LogP contribution in [0.3, 0.4) is 0 Å². The number of anilines is 1. The number of carbonyl (C=O) groups excluding carboxylic acids is 1. The molecule has 0 aliphatic rings. The molecule has 4 N–H and O–H groups in total. The van der Waals surface area contributed by atoms with Crippen LogP contribution in [0, 0.1) is 10.1 Å². The minimum Gasteiger partial charge on any atom is -0.479 e. The van der Waals surface area contributed by atoms with Crippen LogP contribution in [0.15, 0.2) is 18.2 Å². The summed E-state index contributed by atoms with van der Waals surface area (Å²) in [5, 5.41) is 32.8. The number of aliphatic carboxylic acids is 1. The Labute approximate surface area is 123 Å². The Morgan fingerprint density at radius 3 is 2.67 bits per heavy atom. The third-order valence-corrected chi connectivity index (χ3v) is 2.73. The van der Waals surface area contributed by atoms with E-state index in [9.17, 15) is 19.7 Å². The van der Waals surface area contributed by atoms with E-state index in [2.05, 4.69) is 10.6 Å². The monoisotopic (exact) mass is 317 g/mol. The van der Waals surface area contributed by atoms with E-state index in [4.69, 9.17) is 21.8 Å². The van der Waals surface area contributed by atoms with Crippen molar-refractivity contribution in [2.24, 2.45) is 0 Å². The number of hydrogen-bond donors (Lipinski definition) is 4. The van der Waals surface area contributed by atoms with E-state index in [1.165, 1.54) is 12.1 Å². The fraction of sp³-hybridized carbons (Fsp3) is 0.273. The van der Waals surface area contributed by atoms with E-state index in [0.717, 1.165) is 6.07 Å². The van der Waals surface area contributed by atoms with Crippen molar-refractivity contribution < 1.29 is 24.7 Å². The second-order valence-corrected chi connectivity index (χ2v) is 4.35. The lowest BCUT2D eigenvalue weighted by Crippen LogP contribution is -2.33. The quantitative estimate of drug-likeness (QED) is 0.459. The van der Waals surface area contributed by atoms with Crippen LogP contribution in [-0.4, -0.2) is 39.8 Å². The summed E-state index contributed by atoms with van der Waals surface area (Å²) in [5.41, 5.74) is -0.196. The Bertz CT molecular complexity index is 565. The van der Waals surface area contributed by atoms with Crippen molar-refractivity contribution in [1.82, 2.24) is 5.32 Å². The summed E-state index contributed by atoms with van der Waals surface area (Å²) in [6.45, 7) is -0.0914. The van der Waals surface area contributed by atoms with Gasteiger partial charge in [0, 0.05) is 25.1 Å². The largest absolute Gasteiger partial charge is 0.479 e. The summed E-state index contributed by atoms with van der Waals surface area (Å²) in [7, 11) is 0. The second kappa shape index (κ2) is 7.41. The molecule has 0 fully saturated rings. The standard InChI is InChI=1S/C11H12ClN3O6/c12-7-2-1-6(15(20)21)5-8(7)14-11(19)13-4-3-9(16)10(17)18/h1-2,5,9,16H,3-4H2,(H,17,18)(H2,13,14,19)/t9-/m0/s1. The molecule has 1 rings (SSSR count). The van der Waals surface area contributed by atoms with Crippen LogP contribution in [0.2, 0.25) is 5.02 Å². The Balaban J connectivity index is 2.57. The molecule has 0 saturated heterocycles. The number of carbonyl (C=O) groups is 2. The molecule has 0 saturated carbocycles. The number of carboxylic acid groups (broad SMARTS) is 1. The van der Waals surface area contributed by atoms with Gasteiger partial charge in [-0.05, 0) is 6.07 Å². The molecule has 9 nitrogen and oxygen atoms in total. The number of hydrogen-bond acceptors (Lipinski definition) is 5. The first-order valence-corrected chi connectivity index (χ1v) is 6.08. The van der Waals surface area contributed by atoms with Gasteiger partial charge in [-0.1, -0.05) is 11.6 Å². The number of non-ortho nitro benzene ring substituents is 1. The number of nitrogens with zero attached hydrogens (tertiary/aromatic N) is 1. The summed E-state index contributed by atoms with van der Waals surface area (Å²) in [6, 6.07) is 2.82. The average Bonchev–Trinajstić information content (AvgIpc) is 2.40. The van der Waals surface area contributed by atoms with Gasteiger partial charge >= 0.3 is 12.0 Å². The summed E-state index contributed by atoms with van der Waals surface area (Å²) in [4.78, 5) is 31.8. The highest BCUT2D eigenvalue weighted by atomic mass is 35.5. The zero-order valence-corrected chi connectivity index (χ0v) is 11.3. The maximum atomic E-state index is 11.5. The predicted molar refractivity (Wildman–Crippen MR) is 73.4 cm³/mol. The number of amides is 2. The normalized spacial score (nSPS) is 11.5. The van der Waals surface area contributed by atoms with E-state index >= 15 is 0 Å². The highest BCUT2D eigenvalue weighted by Gasteiger charge is 2.14. The van der Waals surface area contributed by atoms with Gasteiger partial charge in [0.15, 0.2) is 6.10 Å². The van der Waals surface area contributed by atoms with Gasteiger partial charge in [-0.2, -0.15) is 0 Å². The van der Waals surface area contributed by atoms with Gasteiger partial charge in [0.25, 0.3) is 5.69 Å². The smallest absolute Gasteiger partial charge is 0.332 e. The van der Waals surface area contributed by atoms with Gasteiger partial charge < -0.3 is 20.8 Å². The molecular formula is C11H12ClN3O6. The summed E-state index contributed by atoms with van der Waals surface area (Å²) in [5.74, 6) is -1.39. The third kappa shape index (κ3) is 5.24. The minimum absolute atomic E-state index is 0.0437. The molecule has 114 valence electrons. The van der Waals surface area contributed by atoms with Crippen LogP contribution in [0.25, 0.3) is 0 Å².